The standard InChI is InChI=1S/C14H16BrNO2S2/c1-2-9-20(17,18)12-5-3-11(4-6-12)16-10-14-13(15)7-8-19-14/h3-8,16H,2,9-10H2,1H3. The average molecular weight is 374 g/mol. The molecule has 0 saturated heterocycles. The predicted molar refractivity (Wildman–Crippen MR) is 88.1 cm³/mol. The Morgan fingerprint density at radius 2 is 1.90 bits per heavy atom. The van der Waals surface area contributed by atoms with Crippen LogP contribution in [0.25, 0.3) is 0 Å². The highest BCUT2D eigenvalue weighted by molar-refractivity contribution is 9.10. The zero-order valence-corrected chi connectivity index (χ0v) is 14.3. The van der Waals surface area contributed by atoms with Gasteiger partial charge in [0.2, 0.25) is 0 Å². The Morgan fingerprint density at radius 1 is 1.20 bits per heavy atom. The van der Waals surface area contributed by atoms with Crippen LogP contribution >= 0.6 is 27.3 Å². The maximum absolute atomic E-state index is 11.9. The van der Waals surface area contributed by atoms with Gasteiger partial charge in [0, 0.05) is 15.0 Å². The van der Waals surface area contributed by atoms with Crippen molar-refractivity contribution < 1.29 is 8.42 Å². The molecule has 108 valence electrons. The monoisotopic (exact) mass is 373 g/mol. The maximum atomic E-state index is 11.9. The Hall–Kier alpha value is -0.850. The van der Waals surface area contributed by atoms with Crippen LogP contribution in [0.1, 0.15) is 18.2 Å². The molecule has 0 aliphatic carbocycles. The van der Waals surface area contributed by atoms with Crippen LogP contribution in [0.5, 0.6) is 0 Å². The van der Waals surface area contributed by atoms with Crippen LogP contribution in [-0.4, -0.2) is 14.2 Å². The minimum atomic E-state index is -3.13. The lowest BCUT2D eigenvalue weighted by Crippen LogP contribution is -2.06. The third-order valence-electron chi connectivity index (χ3n) is 2.83. The number of benzene rings is 1. The highest BCUT2D eigenvalue weighted by atomic mass is 79.9. The van der Waals surface area contributed by atoms with Gasteiger partial charge >= 0.3 is 0 Å². The molecular formula is C14H16BrNO2S2. The summed E-state index contributed by atoms with van der Waals surface area (Å²) in [5.41, 5.74) is 0.917. The molecule has 3 nitrogen and oxygen atoms in total. The molecule has 0 fully saturated rings. The van der Waals surface area contributed by atoms with Gasteiger partial charge in [0.25, 0.3) is 0 Å². The fourth-order valence-corrected chi connectivity index (χ4v) is 4.56. The fourth-order valence-electron chi connectivity index (χ4n) is 1.80. The van der Waals surface area contributed by atoms with Crippen LogP contribution in [0.15, 0.2) is 45.1 Å². The number of nitrogens with one attached hydrogen (secondary N) is 1. The summed E-state index contributed by atoms with van der Waals surface area (Å²) in [6.45, 7) is 2.59. The Morgan fingerprint density at radius 3 is 2.45 bits per heavy atom. The third-order valence-corrected chi connectivity index (χ3v) is 6.69. The van der Waals surface area contributed by atoms with E-state index in [9.17, 15) is 8.42 Å². The lowest BCUT2D eigenvalue weighted by atomic mass is 10.3. The molecule has 2 aromatic rings. The summed E-state index contributed by atoms with van der Waals surface area (Å²) in [4.78, 5) is 1.61. The molecule has 0 saturated carbocycles. The number of sulfone groups is 1. The van der Waals surface area contributed by atoms with Crippen LogP contribution < -0.4 is 5.32 Å². The number of thiophene rings is 1. The summed E-state index contributed by atoms with van der Waals surface area (Å²) in [6.07, 6.45) is 0.634. The van der Waals surface area contributed by atoms with Crippen molar-refractivity contribution in [1.82, 2.24) is 0 Å². The van der Waals surface area contributed by atoms with E-state index in [4.69, 9.17) is 0 Å². The van der Waals surface area contributed by atoms with Crippen LogP contribution in [0, 0.1) is 0 Å². The summed E-state index contributed by atoms with van der Waals surface area (Å²) in [5.74, 6) is 0.196. The Bertz CT molecular complexity index is 663. The first-order chi connectivity index (χ1) is 9.53. The SMILES string of the molecule is CCCS(=O)(=O)c1ccc(NCc2sccc2Br)cc1. The summed E-state index contributed by atoms with van der Waals surface area (Å²) in [5, 5.41) is 5.31. The lowest BCUT2D eigenvalue weighted by molar-refractivity contribution is 0.595. The predicted octanol–water partition coefficient (Wildman–Crippen LogP) is 4.31. The highest BCUT2D eigenvalue weighted by Crippen LogP contribution is 2.24. The van der Waals surface area contributed by atoms with Gasteiger partial charge < -0.3 is 5.32 Å². The van der Waals surface area contributed by atoms with Gasteiger partial charge in [-0.05, 0) is 58.1 Å². The van der Waals surface area contributed by atoms with E-state index in [0.717, 1.165) is 16.7 Å². The molecule has 0 atom stereocenters. The number of hydrogen-bond acceptors (Lipinski definition) is 4. The van der Waals surface area contributed by atoms with Gasteiger partial charge in [-0.2, -0.15) is 0 Å². The average Bonchev–Trinajstić information content (AvgIpc) is 2.82. The maximum Gasteiger partial charge on any atom is 0.178 e. The quantitative estimate of drug-likeness (QED) is 0.820. The summed E-state index contributed by atoms with van der Waals surface area (Å²) in [7, 11) is -3.13. The third kappa shape index (κ3) is 3.84. The van der Waals surface area contributed by atoms with E-state index in [0.29, 0.717) is 11.3 Å². The molecule has 0 aliphatic rings. The van der Waals surface area contributed by atoms with Crippen LogP contribution in [0.4, 0.5) is 5.69 Å². The highest BCUT2D eigenvalue weighted by Gasteiger charge is 2.12. The zero-order valence-electron chi connectivity index (χ0n) is 11.1. The van der Waals surface area contributed by atoms with Crippen LogP contribution in [0.2, 0.25) is 0 Å². The summed E-state index contributed by atoms with van der Waals surface area (Å²) < 4.78 is 24.9. The number of halogens is 1. The molecule has 2 rings (SSSR count). The van der Waals surface area contributed by atoms with Crippen molar-refractivity contribution in [1.29, 1.82) is 0 Å². The molecule has 1 aromatic carbocycles. The van der Waals surface area contributed by atoms with E-state index >= 15 is 0 Å². The lowest BCUT2D eigenvalue weighted by Gasteiger charge is -2.07. The number of hydrogen-bond donors (Lipinski definition) is 1. The minimum Gasteiger partial charge on any atom is -0.380 e. The molecule has 0 aliphatic heterocycles. The number of anilines is 1. The summed E-state index contributed by atoms with van der Waals surface area (Å²) >= 11 is 5.16. The van der Waals surface area contributed by atoms with E-state index in [1.807, 2.05) is 30.5 Å². The van der Waals surface area contributed by atoms with E-state index in [2.05, 4.69) is 21.2 Å². The minimum absolute atomic E-state index is 0.196. The molecule has 0 radical (unpaired) electrons. The van der Waals surface area contributed by atoms with E-state index < -0.39 is 9.84 Å². The number of rotatable bonds is 6. The van der Waals surface area contributed by atoms with Crippen LogP contribution in [-0.2, 0) is 16.4 Å². The van der Waals surface area contributed by atoms with Crippen molar-refractivity contribution in [2.24, 2.45) is 0 Å². The van der Waals surface area contributed by atoms with E-state index in [-0.39, 0.29) is 5.75 Å². The fraction of sp³-hybridized carbons (Fsp3) is 0.286. The zero-order chi connectivity index (χ0) is 14.6. The largest absolute Gasteiger partial charge is 0.380 e. The Kier molecular flexibility index (Phi) is 5.23. The van der Waals surface area contributed by atoms with E-state index in [1.165, 1.54) is 4.88 Å². The van der Waals surface area contributed by atoms with Gasteiger partial charge in [-0.3, -0.25) is 0 Å². The van der Waals surface area contributed by atoms with Gasteiger partial charge in [0.1, 0.15) is 0 Å². The normalized spacial score (nSPS) is 11.5. The van der Waals surface area contributed by atoms with Crippen molar-refractivity contribution in [3.63, 3.8) is 0 Å². The molecular weight excluding hydrogens is 358 g/mol. The van der Waals surface area contributed by atoms with Crippen molar-refractivity contribution in [2.45, 2.75) is 24.8 Å². The van der Waals surface area contributed by atoms with Crippen molar-refractivity contribution >= 4 is 42.8 Å². The Balaban J connectivity index is 2.04. The molecule has 6 heteroatoms. The van der Waals surface area contributed by atoms with Gasteiger partial charge in [-0.25, -0.2) is 8.42 Å². The van der Waals surface area contributed by atoms with E-state index in [1.54, 1.807) is 23.5 Å². The molecule has 0 spiro atoms. The Labute approximate surface area is 132 Å². The van der Waals surface area contributed by atoms with Gasteiger partial charge in [0.15, 0.2) is 9.84 Å². The molecule has 1 aromatic heterocycles. The molecule has 1 heterocycles. The van der Waals surface area contributed by atoms with Gasteiger partial charge in [-0.1, -0.05) is 6.92 Å². The second-order valence-electron chi connectivity index (χ2n) is 4.39. The van der Waals surface area contributed by atoms with Crippen molar-refractivity contribution in [2.75, 3.05) is 11.1 Å². The van der Waals surface area contributed by atoms with Crippen molar-refractivity contribution in [3.8, 4) is 0 Å². The first-order valence-electron chi connectivity index (χ1n) is 6.31. The first-order valence-corrected chi connectivity index (χ1v) is 9.64. The molecule has 20 heavy (non-hydrogen) atoms. The molecule has 0 bridgehead atoms. The second kappa shape index (κ2) is 6.74. The summed E-state index contributed by atoms with van der Waals surface area (Å²) in [6, 6.07) is 8.96. The molecule has 0 unspecified atom stereocenters. The second-order valence-corrected chi connectivity index (χ2v) is 8.35. The first kappa shape index (κ1) is 15.5. The molecule has 1 N–H and O–H groups in total. The smallest absolute Gasteiger partial charge is 0.178 e. The topological polar surface area (TPSA) is 46.2 Å². The molecule has 0 amide bonds. The van der Waals surface area contributed by atoms with Gasteiger partial charge in [-0.15, -0.1) is 11.3 Å². The van der Waals surface area contributed by atoms with Crippen molar-refractivity contribution in [3.05, 3.63) is 45.1 Å². The van der Waals surface area contributed by atoms with Crippen LogP contribution in [0.3, 0.4) is 0 Å². The van der Waals surface area contributed by atoms with Gasteiger partial charge in [0.05, 0.1) is 17.2 Å².